The minimum Gasteiger partial charge on any atom is -0.487 e. The fourth-order valence-corrected chi connectivity index (χ4v) is 3.57. The van der Waals surface area contributed by atoms with Gasteiger partial charge in [-0.3, -0.25) is 4.98 Å². The van der Waals surface area contributed by atoms with E-state index in [0.29, 0.717) is 23.6 Å². The van der Waals surface area contributed by atoms with E-state index in [1.165, 1.54) is 12.3 Å². The molecule has 0 saturated heterocycles. The van der Waals surface area contributed by atoms with E-state index < -0.39 is 9.84 Å². The van der Waals surface area contributed by atoms with Crippen LogP contribution in [-0.2, 0) is 16.4 Å². The zero-order valence-electron chi connectivity index (χ0n) is 14.1. The number of hydrogen-bond acceptors (Lipinski definition) is 5. The van der Waals surface area contributed by atoms with Crippen LogP contribution in [0.1, 0.15) is 12.5 Å². The Bertz CT molecular complexity index is 991. The van der Waals surface area contributed by atoms with Gasteiger partial charge in [-0.05, 0) is 23.8 Å². The van der Waals surface area contributed by atoms with Crippen molar-refractivity contribution in [3.8, 4) is 17.0 Å². The van der Waals surface area contributed by atoms with Gasteiger partial charge in [0, 0.05) is 11.8 Å². The second-order valence-electron chi connectivity index (χ2n) is 5.56. The number of pyridine rings is 2. The van der Waals surface area contributed by atoms with Gasteiger partial charge >= 0.3 is 0 Å². The zero-order chi connectivity index (χ0) is 18.6. The number of benzene rings is 1. The lowest BCUT2D eigenvalue weighted by molar-refractivity contribution is 0.305. The Morgan fingerprint density at radius 3 is 2.46 bits per heavy atom. The Kier molecular flexibility index (Phi) is 5.54. The van der Waals surface area contributed by atoms with Crippen LogP contribution in [0.4, 0.5) is 0 Å². The van der Waals surface area contributed by atoms with Crippen molar-refractivity contribution in [1.82, 2.24) is 9.97 Å². The number of sulfone groups is 1. The first kappa shape index (κ1) is 18.4. The number of hydrogen-bond donors (Lipinski definition) is 0. The predicted octanol–water partition coefficient (Wildman–Crippen LogP) is 4.17. The maximum atomic E-state index is 12.3. The molecule has 0 spiro atoms. The highest BCUT2D eigenvalue weighted by Crippen LogP contribution is 2.29. The number of halogens is 1. The molecule has 0 aliphatic rings. The second-order valence-corrected chi connectivity index (χ2v) is 8.19. The van der Waals surface area contributed by atoms with Crippen LogP contribution in [0, 0.1) is 0 Å². The standard InChI is InChI=1S/C19H17ClN2O3S/c1-2-26(23,24)18-12-22-19(20)10-16(18)17-9-8-15(11-21-17)25-13-14-6-4-3-5-7-14/h3-12H,2,13H2,1H3. The summed E-state index contributed by atoms with van der Waals surface area (Å²) in [6, 6.07) is 14.8. The molecule has 0 N–H and O–H groups in total. The van der Waals surface area contributed by atoms with E-state index in [-0.39, 0.29) is 15.8 Å². The summed E-state index contributed by atoms with van der Waals surface area (Å²) in [6.07, 6.45) is 2.84. The van der Waals surface area contributed by atoms with Crippen molar-refractivity contribution in [2.45, 2.75) is 18.4 Å². The van der Waals surface area contributed by atoms with Crippen LogP contribution < -0.4 is 4.74 Å². The highest BCUT2D eigenvalue weighted by Gasteiger charge is 2.19. The third-order valence-corrected chi connectivity index (χ3v) is 5.77. The minimum atomic E-state index is -3.44. The first-order valence-corrected chi connectivity index (χ1v) is 10.0. The average molecular weight is 389 g/mol. The molecule has 0 radical (unpaired) electrons. The summed E-state index contributed by atoms with van der Waals surface area (Å²) in [5.74, 6) is 0.569. The molecular formula is C19H17ClN2O3S. The SMILES string of the molecule is CCS(=O)(=O)c1cnc(Cl)cc1-c1ccc(OCc2ccccc2)cn1. The molecular weight excluding hydrogens is 372 g/mol. The van der Waals surface area contributed by atoms with Crippen molar-refractivity contribution in [3.63, 3.8) is 0 Å². The van der Waals surface area contributed by atoms with E-state index in [2.05, 4.69) is 9.97 Å². The first-order valence-electron chi connectivity index (χ1n) is 8.01. The Morgan fingerprint density at radius 2 is 1.81 bits per heavy atom. The molecule has 26 heavy (non-hydrogen) atoms. The molecule has 0 saturated carbocycles. The molecule has 1 aromatic carbocycles. The first-order chi connectivity index (χ1) is 12.5. The predicted molar refractivity (Wildman–Crippen MR) is 101 cm³/mol. The number of rotatable bonds is 6. The molecule has 0 fully saturated rings. The Balaban J connectivity index is 1.86. The normalized spacial score (nSPS) is 11.3. The molecule has 134 valence electrons. The van der Waals surface area contributed by atoms with Crippen LogP contribution >= 0.6 is 11.6 Å². The van der Waals surface area contributed by atoms with Crippen molar-refractivity contribution in [3.05, 3.63) is 71.6 Å². The Morgan fingerprint density at radius 1 is 1.04 bits per heavy atom. The topological polar surface area (TPSA) is 69.2 Å². The van der Waals surface area contributed by atoms with Gasteiger partial charge in [-0.2, -0.15) is 0 Å². The Hall–Kier alpha value is -2.44. The average Bonchev–Trinajstić information content (AvgIpc) is 2.67. The number of ether oxygens (including phenoxy) is 1. The fourth-order valence-electron chi connectivity index (χ4n) is 2.39. The molecule has 5 nitrogen and oxygen atoms in total. The van der Waals surface area contributed by atoms with Gasteiger partial charge in [0.15, 0.2) is 9.84 Å². The van der Waals surface area contributed by atoms with E-state index >= 15 is 0 Å². The minimum absolute atomic E-state index is 0.0262. The summed E-state index contributed by atoms with van der Waals surface area (Å²) in [5.41, 5.74) is 1.98. The van der Waals surface area contributed by atoms with E-state index in [1.807, 2.05) is 30.3 Å². The molecule has 3 aromatic rings. The van der Waals surface area contributed by atoms with Crippen molar-refractivity contribution in [1.29, 1.82) is 0 Å². The largest absolute Gasteiger partial charge is 0.487 e. The lowest BCUT2D eigenvalue weighted by atomic mass is 10.2. The van der Waals surface area contributed by atoms with Crippen LogP contribution in [0.2, 0.25) is 5.15 Å². The van der Waals surface area contributed by atoms with Gasteiger partial charge in [0.2, 0.25) is 0 Å². The smallest absolute Gasteiger partial charge is 0.180 e. The van der Waals surface area contributed by atoms with Gasteiger partial charge in [-0.15, -0.1) is 0 Å². The molecule has 0 aliphatic heterocycles. The van der Waals surface area contributed by atoms with Gasteiger partial charge in [-0.1, -0.05) is 48.9 Å². The summed E-state index contributed by atoms with van der Waals surface area (Å²) in [5, 5.41) is 0.209. The summed E-state index contributed by atoms with van der Waals surface area (Å²) in [7, 11) is -3.44. The molecule has 2 heterocycles. The lowest BCUT2D eigenvalue weighted by Crippen LogP contribution is -2.07. The highest BCUT2D eigenvalue weighted by molar-refractivity contribution is 7.91. The molecule has 0 aliphatic carbocycles. The van der Waals surface area contributed by atoms with E-state index in [9.17, 15) is 8.42 Å². The quantitative estimate of drug-likeness (QED) is 0.593. The van der Waals surface area contributed by atoms with Gasteiger partial charge in [0.1, 0.15) is 17.5 Å². The third-order valence-electron chi connectivity index (χ3n) is 3.81. The Labute approximate surface area is 157 Å². The van der Waals surface area contributed by atoms with E-state index in [4.69, 9.17) is 16.3 Å². The van der Waals surface area contributed by atoms with Crippen LogP contribution in [0.25, 0.3) is 11.3 Å². The monoisotopic (exact) mass is 388 g/mol. The lowest BCUT2D eigenvalue weighted by Gasteiger charge is -2.10. The molecule has 7 heteroatoms. The molecule has 3 rings (SSSR count). The summed E-state index contributed by atoms with van der Waals surface area (Å²) < 4.78 is 30.3. The highest BCUT2D eigenvalue weighted by atomic mass is 35.5. The van der Waals surface area contributed by atoms with Gasteiger partial charge < -0.3 is 4.74 Å². The van der Waals surface area contributed by atoms with Crippen molar-refractivity contribution in [2.24, 2.45) is 0 Å². The van der Waals surface area contributed by atoms with Crippen LogP contribution in [0.3, 0.4) is 0 Å². The van der Waals surface area contributed by atoms with Gasteiger partial charge in [0.05, 0.1) is 22.5 Å². The van der Waals surface area contributed by atoms with Gasteiger partial charge in [-0.25, -0.2) is 13.4 Å². The maximum Gasteiger partial charge on any atom is 0.180 e. The maximum absolute atomic E-state index is 12.3. The second kappa shape index (κ2) is 7.85. The summed E-state index contributed by atoms with van der Waals surface area (Å²) in [4.78, 5) is 8.35. The third kappa shape index (κ3) is 4.20. The molecule has 0 unspecified atom stereocenters. The molecule has 0 atom stereocenters. The van der Waals surface area contributed by atoms with Crippen LogP contribution in [0.5, 0.6) is 5.75 Å². The summed E-state index contributed by atoms with van der Waals surface area (Å²) >= 11 is 5.95. The fraction of sp³-hybridized carbons (Fsp3) is 0.158. The molecule has 2 aromatic heterocycles. The van der Waals surface area contributed by atoms with Crippen molar-refractivity contribution < 1.29 is 13.2 Å². The van der Waals surface area contributed by atoms with Crippen molar-refractivity contribution >= 4 is 21.4 Å². The van der Waals surface area contributed by atoms with Gasteiger partial charge in [0.25, 0.3) is 0 Å². The van der Waals surface area contributed by atoms with Crippen LogP contribution in [0.15, 0.2) is 65.8 Å². The number of nitrogens with zero attached hydrogens (tertiary/aromatic N) is 2. The zero-order valence-corrected chi connectivity index (χ0v) is 15.7. The van der Waals surface area contributed by atoms with E-state index in [0.717, 1.165) is 5.56 Å². The molecule has 0 amide bonds. The number of aromatic nitrogens is 2. The van der Waals surface area contributed by atoms with Crippen molar-refractivity contribution in [2.75, 3.05) is 5.75 Å². The summed E-state index contributed by atoms with van der Waals surface area (Å²) in [6.45, 7) is 2.01. The van der Waals surface area contributed by atoms with Crippen LogP contribution in [-0.4, -0.2) is 24.1 Å². The van der Waals surface area contributed by atoms with E-state index in [1.54, 1.807) is 25.3 Å². The molecule has 0 bridgehead atoms.